The summed E-state index contributed by atoms with van der Waals surface area (Å²) in [7, 11) is 0. The van der Waals surface area contributed by atoms with E-state index in [1.165, 1.54) is 17.3 Å². The van der Waals surface area contributed by atoms with Crippen LogP contribution >= 0.6 is 24.0 Å². The molecular formula is C20H25N3O3S2. The molecule has 1 N–H and O–H groups in total. The summed E-state index contributed by atoms with van der Waals surface area (Å²) >= 11 is 6.68. The Morgan fingerprint density at radius 2 is 2.00 bits per heavy atom. The van der Waals surface area contributed by atoms with E-state index in [0.29, 0.717) is 54.9 Å². The van der Waals surface area contributed by atoms with Crippen molar-refractivity contribution in [1.29, 1.82) is 0 Å². The average Bonchev–Trinajstić information content (AvgIpc) is 2.96. The summed E-state index contributed by atoms with van der Waals surface area (Å²) in [6.07, 6.45) is 3.79. The van der Waals surface area contributed by atoms with Gasteiger partial charge in [-0.15, -0.1) is 0 Å². The van der Waals surface area contributed by atoms with E-state index < -0.39 is 0 Å². The second kappa shape index (κ2) is 10.2. The number of nitrogens with zero attached hydrogens (tertiary/aromatic N) is 2. The minimum absolute atomic E-state index is 0.0427. The molecule has 2 aliphatic heterocycles. The van der Waals surface area contributed by atoms with Crippen LogP contribution in [0.4, 0.5) is 0 Å². The fourth-order valence-electron chi connectivity index (χ4n) is 3.00. The maximum atomic E-state index is 12.7. The molecule has 2 heterocycles. The number of hydrogen-bond acceptors (Lipinski definition) is 6. The van der Waals surface area contributed by atoms with Gasteiger partial charge in [-0.2, -0.15) is 0 Å². The number of hydrazine groups is 1. The predicted octanol–water partition coefficient (Wildman–Crippen LogP) is 2.59. The molecule has 6 nitrogen and oxygen atoms in total. The van der Waals surface area contributed by atoms with E-state index in [0.717, 1.165) is 12.0 Å². The lowest BCUT2D eigenvalue weighted by molar-refractivity contribution is -0.128. The molecule has 28 heavy (non-hydrogen) atoms. The van der Waals surface area contributed by atoms with Crippen LogP contribution in [0.1, 0.15) is 30.9 Å². The quantitative estimate of drug-likeness (QED) is 0.542. The summed E-state index contributed by atoms with van der Waals surface area (Å²) in [5, 5.41) is 1.87. The molecule has 8 heteroatoms. The van der Waals surface area contributed by atoms with E-state index >= 15 is 0 Å². The number of ether oxygens (including phenoxy) is 1. The highest BCUT2D eigenvalue weighted by molar-refractivity contribution is 8.26. The van der Waals surface area contributed by atoms with Crippen LogP contribution in [-0.2, 0) is 20.7 Å². The summed E-state index contributed by atoms with van der Waals surface area (Å²) in [6.45, 7) is 5.22. The summed E-state index contributed by atoms with van der Waals surface area (Å²) in [6, 6.07) is 8.17. The van der Waals surface area contributed by atoms with Crippen molar-refractivity contribution in [2.75, 3.05) is 32.8 Å². The molecule has 0 aromatic heterocycles. The van der Waals surface area contributed by atoms with Crippen molar-refractivity contribution < 1.29 is 14.3 Å². The van der Waals surface area contributed by atoms with Gasteiger partial charge in [0.05, 0.1) is 18.1 Å². The van der Waals surface area contributed by atoms with Crippen LogP contribution < -0.4 is 5.43 Å². The molecule has 2 amide bonds. The van der Waals surface area contributed by atoms with Crippen LogP contribution in [0.3, 0.4) is 0 Å². The fraction of sp³-hybridized carbons (Fsp3) is 0.450. The van der Waals surface area contributed by atoms with Gasteiger partial charge in [0.25, 0.3) is 5.91 Å². The molecule has 0 aliphatic carbocycles. The maximum absolute atomic E-state index is 12.7. The molecule has 0 radical (unpaired) electrons. The minimum atomic E-state index is -0.0804. The standard InChI is InChI=1S/C20H25N3O3S2/c1-2-15-5-7-16(8-6-15)14-17-19(25)23(20(27)28-17)9-3-4-18(24)21-22-10-12-26-13-11-22/h5-8,14H,2-4,9-13H2,1H3,(H,21,24). The second-order valence-corrected chi connectivity index (χ2v) is 8.34. The zero-order valence-electron chi connectivity index (χ0n) is 16.0. The molecule has 1 aromatic carbocycles. The Morgan fingerprint density at radius 1 is 1.29 bits per heavy atom. The minimum Gasteiger partial charge on any atom is -0.379 e. The number of rotatable bonds is 7. The number of morpholine rings is 1. The molecule has 150 valence electrons. The number of thioether (sulfide) groups is 1. The first kappa shape index (κ1) is 21.0. The summed E-state index contributed by atoms with van der Waals surface area (Å²) in [4.78, 5) is 26.9. The first-order valence-electron chi connectivity index (χ1n) is 9.53. The van der Waals surface area contributed by atoms with Crippen molar-refractivity contribution in [3.05, 3.63) is 40.3 Å². The molecule has 2 saturated heterocycles. The average molecular weight is 420 g/mol. The topological polar surface area (TPSA) is 61.9 Å². The van der Waals surface area contributed by atoms with Crippen LogP contribution in [0, 0.1) is 0 Å². The third-order valence-corrected chi connectivity index (χ3v) is 6.02. The Labute approximate surface area is 175 Å². The first-order chi connectivity index (χ1) is 13.6. The molecule has 2 fully saturated rings. The van der Waals surface area contributed by atoms with Gasteiger partial charge in [0.1, 0.15) is 4.32 Å². The Bertz CT molecular complexity index is 758. The van der Waals surface area contributed by atoms with Crippen molar-refractivity contribution >= 4 is 46.2 Å². The molecular weight excluding hydrogens is 394 g/mol. The monoisotopic (exact) mass is 419 g/mol. The number of amides is 2. The van der Waals surface area contributed by atoms with E-state index in [1.807, 2.05) is 23.2 Å². The van der Waals surface area contributed by atoms with Gasteiger partial charge in [-0.3, -0.25) is 19.9 Å². The molecule has 2 aliphatic rings. The molecule has 0 atom stereocenters. The fourth-order valence-corrected chi connectivity index (χ4v) is 4.31. The molecule has 1 aromatic rings. The normalized spacial score (nSPS) is 19.5. The molecule has 3 rings (SSSR count). The van der Waals surface area contributed by atoms with Gasteiger partial charge in [-0.25, -0.2) is 5.01 Å². The van der Waals surface area contributed by atoms with Crippen LogP contribution in [0.2, 0.25) is 0 Å². The number of hydrogen-bond donors (Lipinski definition) is 1. The van der Waals surface area contributed by atoms with Crippen LogP contribution in [0.25, 0.3) is 6.08 Å². The Hall–Kier alpha value is -1.74. The lowest BCUT2D eigenvalue weighted by atomic mass is 10.1. The number of carbonyl (C=O) groups excluding carboxylic acids is 2. The number of benzene rings is 1. The molecule has 0 bridgehead atoms. The van der Waals surface area contributed by atoms with E-state index in [9.17, 15) is 9.59 Å². The van der Waals surface area contributed by atoms with Crippen LogP contribution in [0.5, 0.6) is 0 Å². The second-order valence-electron chi connectivity index (χ2n) is 6.67. The van der Waals surface area contributed by atoms with Crippen molar-refractivity contribution in [2.24, 2.45) is 0 Å². The highest BCUT2D eigenvalue weighted by Gasteiger charge is 2.31. The van der Waals surface area contributed by atoms with E-state index in [-0.39, 0.29) is 11.8 Å². The molecule has 0 spiro atoms. The Morgan fingerprint density at radius 3 is 2.68 bits per heavy atom. The van der Waals surface area contributed by atoms with Gasteiger partial charge in [0.15, 0.2) is 0 Å². The van der Waals surface area contributed by atoms with Gasteiger partial charge in [0.2, 0.25) is 5.91 Å². The van der Waals surface area contributed by atoms with Gasteiger partial charge in [-0.1, -0.05) is 55.2 Å². The number of nitrogens with one attached hydrogen (secondary N) is 1. The summed E-state index contributed by atoms with van der Waals surface area (Å²) in [5.74, 6) is -0.123. The van der Waals surface area contributed by atoms with Gasteiger partial charge in [0, 0.05) is 26.1 Å². The molecule has 0 unspecified atom stereocenters. The van der Waals surface area contributed by atoms with Crippen LogP contribution in [0.15, 0.2) is 29.2 Å². The van der Waals surface area contributed by atoms with E-state index in [2.05, 4.69) is 24.5 Å². The zero-order valence-corrected chi connectivity index (χ0v) is 17.6. The Balaban J connectivity index is 1.49. The van der Waals surface area contributed by atoms with Crippen molar-refractivity contribution in [3.63, 3.8) is 0 Å². The lowest BCUT2D eigenvalue weighted by Crippen LogP contribution is -2.48. The smallest absolute Gasteiger partial charge is 0.266 e. The van der Waals surface area contributed by atoms with Crippen molar-refractivity contribution in [2.45, 2.75) is 26.2 Å². The first-order valence-corrected chi connectivity index (χ1v) is 10.8. The number of carbonyl (C=O) groups is 2. The predicted molar refractivity (Wildman–Crippen MR) is 115 cm³/mol. The van der Waals surface area contributed by atoms with E-state index in [4.69, 9.17) is 17.0 Å². The SMILES string of the molecule is CCc1ccc(C=C2SC(=S)N(CCCC(=O)NN3CCOCC3)C2=O)cc1. The highest BCUT2D eigenvalue weighted by Crippen LogP contribution is 2.32. The van der Waals surface area contributed by atoms with Gasteiger partial charge >= 0.3 is 0 Å². The van der Waals surface area contributed by atoms with Crippen molar-refractivity contribution in [3.8, 4) is 0 Å². The maximum Gasteiger partial charge on any atom is 0.266 e. The third-order valence-electron chi connectivity index (χ3n) is 4.64. The van der Waals surface area contributed by atoms with Crippen molar-refractivity contribution in [1.82, 2.24) is 15.3 Å². The van der Waals surface area contributed by atoms with Crippen LogP contribution in [-0.4, -0.2) is 58.9 Å². The van der Waals surface area contributed by atoms with Gasteiger partial charge in [-0.05, 0) is 30.0 Å². The molecule has 0 saturated carbocycles. The lowest BCUT2D eigenvalue weighted by Gasteiger charge is -2.27. The largest absolute Gasteiger partial charge is 0.379 e. The summed E-state index contributed by atoms with van der Waals surface area (Å²) in [5.41, 5.74) is 5.13. The van der Waals surface area contributed by atoms with E-state index in [1.54, 1.807) is 4.90 Å². The summed E-state index contributed by atoms with van der Waals surface area (Å²) < 4.78 is 5.81. The zero-order chi connectivity index (χ0) is 19.9. The Kier molecular flexibility index (Phi) is 7.61. The number of thiocarbonyl (C=S) groups is 1. The third kappa shape index (κ3) is 5.64. The number of aryl methyl sites for hydroxylation is 1. The van der Waals surface area contributed by atoms with Gasteiger partial charge < -0.3 is 4.74 Å². The highest BCUT2D eigenvalue weighted by atomic mass is 32.2.